The molecule has 0 saturated heterocycles. The van der Waals surface area contributed by atoms with E-state index >= 15 is 0 Å². The maximum Gasteiger partial charge on any atom is 0.326 e. The van der Waals surface area contributed by atoms with Gasteiger partial charge in [0.1, 0.15) is 18.1 Å². The summed E-state index contributed by atoms with van der Waals surface area (Å²) in [5, 5.41) is 35.0. The van der Waals surface area contributed by atoms with Gasteiger partial charge in [-0.3, -0.25) is 19.2 Å². The number of carbonyl (C=O) groups is 5. The minimum Gasteiger partial charge on any atom is -0.480 e. The van der Waals surface area contributed by atoms with Gasteiger partial charge < -0.3 is 42.7 Å². The first kappa shape index (κ1) is 28.6. The van der Waals surface area contributed by atoms with E-state index in [1.54, 1.807) is 0 Å². The highest BCUT2D eigenvalue weighted by atomic mass is 32.2. The molecule has 0 fully saturated rings. The molecule has 0 spiro atoms. The minimum absolute atomic E-state index is 0.292. The van der Waals surface area contributed by atoms with Crippen LogP contribution in [-0.2, 0) is 24.0 Å². The molecule has 5 atom stereocenters. The molecule has 0 aliphatic carbocycles. The van der Waals surface area contributed by atoms with Gasteiger partial charge in [-0.1, -0.05) is 0 Å². The Bertz CT molecular complexity index is 648. The van der Waals surface area contributed by atoms with Gasteiger partial charge in [0.25, 0.3) is 0 Å². The topological polar surface area (TPSA) is 234 Å². The van der Waals surface area contributed by atoms with Gasteiger partial charge in [0, 0.05) is 6.42 Å². The molecule has 10 N–H and O–H groups in total. The van der Waals surface area contributed by atoms with E-state index in [9.17, 15) is 34.2 Å². The second kappa shape index (κ2) is 14.6. The van der Waals surface area contributed by atoms with Crippen molar-refractivity contribution in [2.45, 2.75) is 56.5 Å². The molecule has 0 heterocycles. The van der Waals surface area contributed by atoms with Gasteiger partial charge in [-0.25, -0.2) is 4.79 Å². The molecule has 0 saturated carbocycles. The number of amides is 4. The predicted octanol–water partition coefficient (Wildman–Crippen LogP) is -3.76. The summed E-state index contributed by atoms with van der Waals surface area (Å²) in [4.78, 5) is 59.0. The third kappa shape index (κ3) is 11.0. The zero-order valence-electron chi connectivity index (χ0n) is 17.4. The Balaban J connectivity index is 5.13. The summed E-state index contributed by atoms with van der Waals surface area (Å²) in [5.41, 5.74) is 10.7. The first-order valence-corrected chi connectivity index (χ1v) is 10.8. The van der Waals surface area contributed by atoms with Crippen LogP contribution in [0.5, 0.6) is 0 Å². The first-order chi connectivity index (χ1) is 14.4. The van der Waals surface area contributed by atoms with E-state index in [0.29, 0.717) is 12.2 Å². The van der Waals surface area contributed by atoms with Gasteiger partial charge in [0.05, 0.1) is 18.8 Å². The number of rotatable bonds is 15. The lowest BCUT2D eigenvalue weighted by Crippen LogP contribution is -2.60. The summed E-state index contributed by atoms with van der Waals surface area (Å²) in [6.07, 6.45) is 0.123. The number of aliphatic hydroxyl groups is 2. The van der Waals surface area contributed by atoms with Crippen molar-refractivity contribution in [2.75, 3.05) is 18.6 Å². The third-order valence-corrected chi connectivity index (χ3v) is 4.79. The molecule has 31 heavy (non-hydrogen) atoms. The molecule has 13 nitrogen and oxygen atoms in total. The van der Waals surface area contributed by atoms with E-state index < -0.39 is 66.5 Å². The highest BCUT2D eigenvalue weighted by molar-refractivity contribution is 7.98. The second-order valence-corrected chi connectivity index (χ2v) is 7.75. The Morgan fingerprint density at radius 3 is 2.00 bits per heavy atom. The van der Waals surface area contributed by atoms with Crippen LogP contribution in [0.4, 0.5) is 0 Å². The van der Waals surface area contributed by atoms with Crippen LogP contribution in [0.2, 0.25) is 0 Å². The number of carboxylic acid groups (broad SMARTS) is 1. The second-order valence-electron chi connectivity index (χ2n) is 6.76. The van der Waals surface area contributed by atoms with E-state index in [1.807, 2.05) is 6.26 Å². The summed E-state index contributed by atoms with van der Waals surface area (Å²) >= 11 is 1.48. The molecule has 0 rings (SSSR count). The monoisotopic (exact) mass is 465 g/mol. The fourth-order valence-electron chi connectivity index (χ4n) is 2.31. The fourth-order valence-corrected chi connectivity index (χ4v) is 2.80. The SMILES string of the molecule is CSCCC(N)C(=O)NC(CO)C(=O)NC(C(=O)NC(CCC(N)=O)C(=O)O)C(C)O. The zero-order chi connectivity index (χ0) is 24.1. The number of hydrogen-bond donors (Lipinski definition) is 8. The Kier molecular flexibility index (Phi) is 13.4. The molecular weight excluding hydrogens is 434 g/mol. The molecule has 0 aromatic carbocycles. The summed E-state index contributed by atoms with van der Waals surface area (Å²) in [6.45, 7) is 0.367. The lowest BCUT2D eigenvalue weighted by atomic mass is 10.1. The van der Waals surface area contributed by atoms with E-state index in [4.69, 9.17) is 16.6 Å². The number of aliphatic hydroxyl groups excluding tert-OH is 2. The number of carboxylic acids is 1. The van der Waals surface area contributed by atoms with Gasteiger partial charge >= 0.3 is 5.97 Å². The molecule has 0 aromatic rings. The standard InChI is InChI=1S/C17H31N5O8S/c1-8(24)13(16(28)20-10(17(29)30)3-4-12(19)25)22-15(27)11(7-23)21-14(26)9(18)5-6-31-2/h8-11,13,23-24H,3-7,18H2,1-2H3,(H2,19,25)(H,20,28)(H,21,26)(H,22,27)(H,29,30). The number of nitrogens with two attached hydrogens (primary N) is 2. The number of thioether (sulfide) groups is 1. The molecular formula is C17H31N5O8S. The highest BCUT2D eigenvalue weighted by Crippen LogP contribution is 2.02. The molecule has 0 radical (unpaired) electrons. The van der Waals surface area contributed by atoms with Gasteiger partial charge in [0.15, 0.2) is 0 Å². The van der Waals surface area contributed by atoms with Gasteiger partial charge in [-0.15, -0.1) is 0 Å². The van der Waals surface area contributed by atoms with Crippen LogP contribution in [0.25, 0.3) is 0 Å². The quantitative estimate of drug-likeness (QED) is 0.118. The number of primary amides is 1. The Morgan fingerprint density at radius 2 is 1.55 bits per heavy atom. The predicted molar refractivity (Wildman–Crippen MR) is 112 cm³/mol. The smallest absolute Gasteiger partial charge is 0.326 e. The van der Waals surface area contributed by atoms with E-state index in [2.05, 4.69) is 16.0 Å². The fraction of sp³-hybridized carbons (Fsp3) is 0.706. The van der Waals surface area contributed by atoms with Crippen molar-refractivity contribution in [1.82, 2.24) is 16.0 Å². The molecule has 0 aromatic heterocycles. The molecule has 0 aliphatic heterocycles. The molecule has 0 bridgehead atoms. The molecule has 4 amide bonds. The van der Waals surface area contributed by atoms with Crippen LogP contribution in [0, 0.1) is 0 Å². The summed E-state index contributed by atoms with van der Waals surface area (Å²) < 4.78 is 0. The van der Waals surface area contributed by atoms with E-state index in [0.717, 1.165) is 0 Å². The van der Waals surface area contributed by atoms with Crippen LogP contribution in [0.3, 0.4) is 0 Å². The molecule has 0 aliphatic rings. The normalized spacial score (nSPS) is 15.6. The van der Waals surface area contributed by atoms with Crippen molar-refractivity contribution in [3.63, 3.8) is 0 Å². The van der Waals surface area contributed by atoms with Crippen LogP contribution >= 0.6 is 11.8 Å². The lowest BCUT2D eigenvalue weighted by molar-refractivity contribution is -0.143. The molecule has 178 valence electrons. The Labute approximate surface area is 183 Å². The van der Waals surface area contributed by atoms with Crippen molar-refractivity contribution >= 4 is 41.4 Å². The van der Waals surface area contributed by atoms with Crippen molar-refractivity contribution in [2.24, 2.45) is 11.5 Å². The average molecular weight is 466 g/mol. The van der Waals surface area contributed by atoms with Gasteiger partial charge in [0.2, 0.25) is 23.6 Å². The van der Waals surface area contributed by atoms with Crippen molar-refractivity contribution in [3.05, 3.63) is 0 Å². The Morgan fingerprint density at radius 1 is 0.968 bits per heavy atom. The summed E-state index contributed by atoms with van der Waals surface area (Å²) in [5.74, 6) is -4.31. The zero-order valence-corrected chi connectivity index (χ0v) is 18.2. The minimum atomic E-state index is -1.60. The summed E-state index contributed by atoms with van der Waals surface area (Å²) in [6, 6.07) is -5.45. The summed E-state index contributed by atoms with van der Waals surface area (Å²) in [7, 11) is 0. The Hall–Kier alpha value is -2.42. The number of hydrogen-bond acceptors (Lipinski definition) is 9. The number of carbonyl (C=O) groups excluding carboxylic acids is 4. The van der Waals surface area contributed by atoms with Gasteiger partial charge in [-0.2, -0.15) is 11.8 Å². The van der Waals surface area contributed by atoms with E-state index in [-0.39, 0.29) is 12.8 Å². The molecule has 5 unspecified atom stereocenters. The third-order valence-electron chi connectivity index (χ3n) is 4.14. The van der Waals surface area contributed by atoms with E-state index in [1.165, 1.54) is 18.7 Å². The van der Waals surface area contributed by atoms with Crippen LogP contribution in [0.15, 0.2) is 0 Å². The van der Waals surface area contributed by atoms with Crippen LogP contribution < -0.4 is 27.4 Å². The van der Waals surface area contributed by atoms with Gasteiger partial charge in [-0.05, 0) is 31.8 Å². The van der Waals surface area contributed by atoms with Crippen molar-refractivity contribution in [3.8, 4) is 0 Å². The maximum atomic E-state index is 12.4. The first-order valence-electron chi connectivity index (χ1n) is 9.40. The lowest BCUT2D eigenvalue weighted by Gasteiger charge is -2.25. The molecule has 14 heteroatoms. The maximum absolute atomic E-state index is 12.4. The van der Waals surface area contributed by atoms with Crippen LogP contribution in [-0.4, -0.2) is 93.8 Å². The van der Waals surface area contributed by atoms with Crippen molar-refractivity contribution < 1.29 is 39.3 Å². The largest absolute Gasteiger partial charge is 0.480 e. The average Bonchev–Trinajstić information content (AvgIpc) is 2.69. The van der Waals surface area contributed by atoms with Crippen LogP contribution in [0.1, 0.15) is 26.2 Å². The number of aliphatic carboxylic acids is 1. The van der Waals surface area contributed by atoms with Crippen molar-refractivity contribution in [1.29, 1.82) is 0 Å². The highest BCUT2D eigenvalue weighted by Gasteiger charge is 2.32. The number of nitrogens with one attached hydrogen (secondary N) is 3.